The van der Waals surface area contributed by atoms with Gasteiger partial charge in [-0.25, -0.2) is 9.18 Å². The summed E-state index contributed by atoms with van der Waals surface area (Å²) in [6.45, 7) is 3.94. The van der Waals surface area contributed by atoms with Gasteiger partial charge in [-0.1, -0.05) is 18.2 Å². The van der Waals surface area contributed by atoms with Crippen molar-refractivity contribution in [2.24, 2.45) is 0 Å². The summed E-state index contributed by atoms with van der Waals surface area (Å²) >= 11 is 0. The van der Waals surface area contributed by atoms with Gasteiger partial charge >= 0.3 is 6.03 Å². The molecule has 0 saturated carbocycles. The maximum Gasteiger partial charge on any atom is 0.325 e. The third-order valence-electron chi connectivity index (χ3n) is 5.31. The second-order valence-electron chi connectivity index (χ2n) is 7.04. The molecule has 146 valence electrons. The Balaban J connectivity index is 1.31. The Bertz CT molecular complexity index is 835. The average molecular weight is 382 g/mol. The van der Waals surface area contributed by atoms with E-state index in [0.29, 0.717) is 31.9 Å². The van der Waals surface area contributed by atoms with Crippen molar-refractivity contribution in [2.45, 2.75) is 0 Å². The van der Waals surface area contributed by atoms with Crippen molar-refractivity contribution < 1.29 is 14.0 Å². The van der Waals surface area contributed by atoms with Crippen LogP contribution in [0, 0.1) is 5.82 Å². The van der Waals surface area contributed by atoms with Crippen molar-refractivity contribution in [1.82, 2.24) is 9.80 Å². The molecule has 0 atom stereocenters. The van der Waals surface area contributed by atoms with Crippen LogP contribution >= 0.6 is 0 Å². The molecule has 2 aliphatic rings. The minimum absolute atomic E-state index is 0.0259. The summed E-state index contributed by atoms with van der Waals surface area (Å²) < 4.78 is 13.1. The van der Waals surface area contributed by atoms with Crippen LogP contribution in [0.25, 0.3) is 0 Å². The topological polar surface area (TPSA) is 47.1 Å². The largest absolute Gasteiger partial charge is 0.368 e. The summed E-state index contributed by atoms with van der Waals surface area (Å²) in [5.41, 5.74) is 1.82. The molecule has 0 aliphatic carbocycles. The number of carbonyl (C=O) groups excluding carboxylic acids is 2. The fourth-order valence-electron chi connectivity index (χ4n) is 3.71. The van der Waals surface area contributed by atoms with E-state index in [1.165, 1.54) is 17.8 Å². The van der Waals surface area contributed by atoms with E-state index in [1.54, 1.807) is 21.9 Å². The third-order valence-corrected chi connectivity index (χ3v) is 5.31. The van der Waals surface area contributed by atoms with Crippen LogP contribution in [0.3, 0.4) is 0 Å². The second kappa shape index (κ2) is 7.88. The molecule has 2 aromatic rings. The van der Waals surface area contributed by atoms with Crippen molar-refractivity contribution in [3.8, 4) is 0 Å². The Morgan fingerprint density at radius 1 is 0.821 bits per heavy atom. The molecule has 0 unspecified atom stereocenters. The number of piperazine rings is 1. The summed E-state index contributed by atoms with van der Waals surface area (Å²) in [6, 6.07) is 15.8. The average Bonchev–Trinajstić information content (AvgIpc) is 3.09. The van der Waals surface area contributed by atoms with Gasteiger partial charge in [-0.05, 0) is 36.4 Å². The van der Waals surface area contributed by atoms with Gasteiger partial charge in [0.25, 0.3) is 0 Å². The van der Waals surface area contributed by atoms with Gasteiger partial charge in [0.2, 0.25) is 5.91 Å². The lowest BCUT2D eigenvalue weighted by atomic mass is 10.2. The van der Waals surface area contributed by atoms with Crippen LogP contribution in [0.1, 0.15) is 0 Å². The lowest BCUT2D eigenvalue weighted by Crippen LogP contribution is -2.51. The Labute approximate surface area is 163 Å². The molecule has 4 rings (SSSR count). The van der Waals surface area contributed by atoms with Crippen molar-refractivity contribution in [1.29, 1.82) is 0 Å². The van der Waals surface area contributed by atoms with Crippen LogP contribution in [0.2, 0.25) is 0 Å². The highest BCUT2D eigenvalue weighted by Gasteiger charge is 2.32. The molecule has 0 N–H and O–H groups in total. The first kappa shape index (κ1) is 18.3. The van der Waals surface area contributed by atoms with Gasteiger partial charge in [0.15, 0.2) is 0 Å². The van der Waals surface area contributed by atoms with Crippen LogP contribution in [-0.2, 0) is 4.79 Å². The molecule has 0 aromatic heterocycles. The summed E-state index contributed by atoms with van der Waals surface area (Å²) in [5.74, 6) is -0.362. The van der Waals surface area contributed by atoms with E-state index < -0.39 is 0 Å². The van der Waals surface area contributed by atoms with Crippen LogP contribution in [-0.4, -0.2) is 67.6 Å². The predicted octanol–water partition coefficient (Wildman–Crippen LogP) is 2.42. The number of urea groups is 1. The Morgan fingerprint density at radius 3 is 2.18 bits per heavy atom. The Hall–Kier alpha value is -3.09. The minimum atomic E-state index is -0.336. The summed E-state index contributed by atoms with van der Waals surface area (Å²) in [6.07, 6.45) is 0. The zero-order chi connectivity index (χ0) is 19.5. The van der Waals surface area contributed by atoms with Gasteiger partial charge in [0, 0.05) is 50.6 Å². The van der Waals surface area contributed by atoms with E-state index in [-0.39, 0.29) is 24.3 Å². The predicted molar refractivity (Wildman–Crippen MR) is 106 cm³/mol. The smallest absolute Gasteiger partial charge is 0.325 e. The third kappa shape index (κ3) is 3.78. The molecular formula is C21H23FN4O2. The van der Waals surface area contributed by atoms with Gasteiger partial charge in [-0.15, -0.1) is 0 Å². The number of halogens is 1. The lowest BCUT2D eigenvalue weighted by molar-refractivity contribution is -0.131. The van der Waals surface area contributed by atoms with Gasteiger partial charge in [-0.2, -0.15) is 0 Å². The molecule has 0 radical (unpaired) electrons. The normalized spacial score (nSPS) is 17.4. The molecule has 7 heteroatoms. The highest BCUT2D eigenvalue weighted by Crippen LogP contribution is 2.21. The molecule has 2 aromatic carbocycles. The monoisotopic (exact) mass is 382 g/mol. The number of rotatable bonds is 4. The number of benzene rings is 2. The van der Waals surface area contributed by atoms with E-state index in [1.807, 2.05) is 23.1 Å². The summed E-state index contributed by atoms with van der Waals surface area (Å²) in [7, 11) is 0. The zero-order valence-electron chi connectivity index (χ0n) is 15.6. The number of carbonyl (C=O) groups is 2. The van der Waals surface area contributed by atoms with E-state index in [0.717, 1.165) is 13.1 Å². The Morgan fingerprint density at radius 2 is 1.50 bits per heavy atom. The quantitative estimate of drug-likeness (QED) is 0.816. The fourth-order valence-corrected chi connectivity index (χ4v) is 3.71. The summed E-state index contributed by atoms with van der Waals surface area (Å²) in [4.78, 5) is 32.5. The first-order chi connectivity index (χ1) is 13.6. The van der Waals surface area contributed by atoms with E-state index in [4.69, 9.17) is 0 Å². The van der Waals surface area contributed by atoms with Crippen LogP contribution in [0.15, 0.2) is 54.6 Å². The number of amides is 3. The SMILES string of the molecule is O=C(CN1CCN(c2ccc(F)cc2)C1=O)N1CCN(c2ccccc2)CC1. The molecule has 28 heavy (non-hydrogen) atoms. The van der Waals surface area contributed by atoms with Gasteiger partial charge < -0.3 is 14.7 Å². The highest BCUT2D eigenvalue weighted by atomic mass is 19.1. The second-order valence-corrected chi connectivity index (χ2v) is 7.04. The van der Waals surface area contributed by atoms with E-state index in [2.05, 4.69) is 17.0 Å². The molecule has 2 saturated heterocycles. The van der Waals surface area contributed by atoms with Crippen LogP contribution in [0.5, 0.6) is 0 Å². The molecule has 6 nitrogen and oxygen atoms in total. The van der Waals surface area contributed by atoms with Crippen molar-refractivity contribution in [2.75, 3.05) is 55.6 Å². The van der Waals surface area contributed by atoms with Crippen molar-refractivity contribution in [3.05, 3.63) is 60.4 Å². The molecule has 2 fully saturated rings. The number of nitrogens with zero attached hydrogens (tertiary/aromatic N) is 4. The molecule has 2 heterocycles. The summed E-state index contributed by atoms with van der Waals surface area (Å²) in [5, 5.41) is 0. The maximum absolute atomic E-state index is 13.1. The number of hydrogen-bond acceptors (Lipinski definition) is 3. The molecular weight excluding hydrogens is 359 g/mol. The van der Waals surface area contributed by atoms with Gasteiger partial charge in [0.1, 0.15) is 12.4 Å². The van der Waals surface area contributed by atoms with E-state index in [9.17, 15) is 14.0 Å². The molecule has 2 aliphatic heterocycles. The van der Waals surface area contributed by atoms with Crippen LogP contribution in [0.4, 0.5) is 20.6 Å². The lowest BCUT2D eigenvalue weighted by Gasteiger charge is -2.36. The zero-order valence-corrected chi connectivity index (χ0v) is 15.6. The number of para-hydroxylation sites is 1. The van der Waals surface area contributed by atoms with Crippen LogP contribution < -0.4 is 9.80 Å². The fraction of sp³-hybridized carbons (Fsp3) is 0.333. The van der Waals surface area contributed by atoms with Gasteiger partial charge in [-0.3, -0.25) is 9.69 Å². The molecule has 0 bridgehead atoms. The van der Waals surface area contributed by atoms with Crippen molar-refractivity contribution >= 4 is 23.3 Å². The Kier molecular flexibility index (Phi) is 5.14. The van der Waals surface area contributed by atoms with E-state index >= 15 is 0 Å². The number of anilines is 2. The first-order valence-electron chi connectivity index (χ1n) is 9.51. The highest BCUT2D eigenvalue weighted by molar-refractivity contribution is 5.96. The maximum atomic E-state index is 13.1. The molecule has 0 spiro atoms. The van der Waals surface area contributed by atoms with Gasteiger partial charge in [0.05, 0.1) is 0 Å². The number of hydrogen-bond donors (Lipinski definition) is 0. The first-order valence-corrected chi connectivity index (χ1v) is 9.51. The minimum Gasteiger partial charge on any atom is -0.368 e. The van der Waals surface area contributed by atoms with Crippen molar-refractivity contribution in [3.63, 3.8) is 0 Å². The molecule has 3 amide bonds. The standard InChI is InChI=1S/C21H23FN4O2/c22-17-6-8-19(9-7-17)26-15-14-25(21(26)28)16-20(27)24-12-10-23(11-13-24)18-4-2-1-3-5-18/h1-9H,10-16H2.